The lowest BCUT2D eigenvalue weighted by Gasteiger charge is -2.55. The first-order valence-corrected chi connectivity index (χ1v) is 6.29. The Morgan fingerprint density at radius 3 is 2.36 bits per heavy atom. The summed E-state index contributed by atoms with van der Waals surface area (Å²) in [6.07, 6.45) is 5.75. The van der Waals surface area contributed by atoms with Crippen LogP contribution >= 0.6 is 15.9 Å². The zero-order chi connectivity index (χ0) is 9.92. The van der Waals surface area contributed by atoms with Gasteiger partial charge in [-0.3, -0.25) is 4.79 Å². The summed E-state index contributed by atoms with van der Waals surface area (Å²) in [5.74, 6) is 2.11. The van der Waals surface area contributed by atoms with Gasteiger partial charge in [-0.15, -0.1) is 0 Å². The van der Waals surface area contributed by atoms with Crippen molar-refractivity contribution in [3.63, 3.8) is 0 Å². The van der Waals surface area contributed by atoms with E-state index in [-0.39, 0.29) is 5.41 Å². The lowest BCUT2D eigenvalue weighted by Crippen LogP contribution is -2.51. The van der Waals surface area contributed by atoms with Crippen LogP contribution in [-0.4, -0.2) is 5.78 Å². The molecule has 4 aliphatic rings. The van der Waals surface area contributed by atoms with Crippen LogP contribution in [0.3, 0.4) is 0 Å². The number of carbonyl (C=O) groups is 1. The van der Waals surface area contributed by atoms with Crippen LogP contribution in [-0.2, 0) is 4.79 Å². The lowest BCUT2D eigenvalue weighted by atomic mass is 9.49. The fourth-order valence-electron chi connectivity index (χ4n) is 4.08. The van der Waals surface area contributed by atoms with Crippen molar-refractivity contribution in [2.24, 2.45) is 23.2 Å². The number of rotatable bonds is 1. The average molecular weight is 255 g/mol. The third-order valence-corrected chi connectivity index (χ3v) is 5.41. The molecule has 0 heterocycles. The summed E-state index contributed by atoms with van der Waals surface area (Å²) in [5.41, 5.74) is 0.282. The molecule has 14 heavy (non-hydrogen) atoms. The molecule has 0 amide bonds. The van der Waals surface area contributed by atoms with Crippen LogP contribution in [0.15, 0.2) is 11.1 Å². The molecule has 2 heteroatoms. The number of carbonyl (C=O) groups excluding carboxylic acids is 1. The molecule has 4 aliphatic carbocycles. The van der Waals surface area contributed by atoms with Gasteiger partial charge in [-0.05, 0) is 42.5 Å². The molecule has 2 unspecified atom stereocenters. The predicted molar refractivity (Wildman–Crippen MR) is 59.1 cm³/mol. The van der Waals surface area contributed by atoms with Crippen molar-refractivity contribution in [3.05, 3.63) is 11.1 Å². The molecule has 0 aromatic heterocycles. The Morgan fingerprint density at radius 2 is 1.86 bits per heavy atom. The zero-order valence-corrected chi connectivity index (χ0v) is 9.85. The van der Waals surface area contributed by atoms with E-state index >= 15 is 0 Å². The van der Waals surface area contributed by atoms with Crippen molar-refractivity contribution in [1.82, 2.24) is 0 Å². The maximum Gasteiger partial charge on any atom is 0.139 e. The van der Waals surface area contributed by atoms with Crippen molar-refractivity contribution < 1.29 is 4.79 Å². The van der Waals surface area contributed by atoms with E-state index in [2.05, 4.69) is 22.5 Å². The summed E-state index contributed by atoms with van der Waals surface area (Å²) in [5, 5.41) is 0. The molecule has 76 valence electrons. The first-order valence-electron chi connectivity index (χ1n) is 5.49. The standard InChI is InChI=1S/C12H15BrO/c1-7(13)12-4-8-2-9(5-12)11(14)10(3-8)6-12/h8-10H,1-6H2. The van der Waals surface area contributed by atoms with Crippen molar-refractivity contribution in [3.8, 4) is 0 Å². The Morgan fingerprint density at radius 1 is 1.29 bits per heavy atom. The SMILES string of the molecule is C=C(Br)C12CC3CC(C1)C(=O)C(C3)C2. The number of ketones is 1. The summed E-state index contributed by atoms with van der Waals surface area (Å²) in [7, 11) is 0. The molecule has 4 bridgehead atoms. The van der Waals surface area contributed by atoms with E-state index < -0.39 is 0 Å². The number of halogens is 1. The Bertz CT molecular complexity index is 302. The van der Waals surface area contributed by atoms with Crippen molar-refractivity contribution in [1.29, 1.82) is 0 Å². The van der Waals surface area contributed by atoms with Gasteiger partial charge in [0.25, 0.3) is 0 Å². The summed E-state index contributed by atoms with van der Waals surface area (Å²) in [6.45, 7) is 4.08. The van der Waals surface area contributed by atoms with Gasteiger partial charge >= 0.3 is 0 Å². The highest BCUT2D eigenvalue weighted by Gasteiger charge is 2.55. The smallest absolute Gasteiger partial charge is 0.139 e. The molecule has 0 aromatic rings. The topological polar surface area (TPSA) is 17.1 Å². The molecule has 4 rings (SSSR count). The third-order valence-electron chi connectivity index (χ3n) is 4.57. The Labute approximate surface area is 93.1 Å². The van der Waals surface area contributed by atoms with Gasteiger partial charge < -0.3 is 0 Å². The van der Waals surface area contributed by atoms with Gasteiger partial charge in [0.2, 0.25) is 0 Å². The molecule has 0 aromatic carbocycles. The van der Waals surface area contributed by atoms with Crippen LogP contribution in [0.5, 0.6) is 0 Å². The van der Waals surface area contributed by atoms with Gasteiger partial charge in [-0.2, -0.15) is 0 Å². The van der Waals surface area contributed by atoms with Gasteiger partial charge in [0.15, 0.2) is 0 Å². The van der Waals surface area contributed by atoms with Crippen LogP contribution in [0.25, 0.3) is 0 Å². The fourth-order valence-corrected chi connectivity index (χ4v) is 4.56. The van der Waals surface area contributed by atoms with Gasteiger partial charge in [-0.1, -0.05) is 22.5 Å². The number of allylic oxidation sites excluding steroid dienone is 1. The van der Waals surface area contributed by atoms with Gasteiger partial charge in [0.05, 0.1) is 0 Å². The van der Waals surface area contributed by atoms with Crippen LogP contribution in [0.2, 0.25) is 0 Å². The second kappa shape index (κ2) is 2.72. The highest BCUT2D eigenvalue weighted by atomic mass is 79.9. The van der Waals surface area contributed by atoms with Crippen molar-refractivity contribution in [2.75, 3.05) is 0 Å². The number of hydrogen-bond acceptors (Lipinski definition) is 1. The van der Waals surface area contributed by atoms with Crippen molar-refractivity contribution in [2.45, 2.75) is 32.1 Å². The van der Waals surface area contributed by atoms with E-state index in [0.29, 0.717) is 17.6 Å². The molecule has 0 radical (unpaired) electrons. The Balaban J connectivity index is 2.00. The Hall–Kier alpha value is -0.110. The second-order valence-corrected chi connectivity index (χ2v) is 6.39. The highest BCUT2D eigenvalue weighted by Crippen LogP contribution is 2.62. The monoisotopic (exact) mass is 254 g/mol. The molecule has 0 saturated heterocycles. The van der Waals surface area contributed by atoms with Crippen LogP contribution in [0.4, 0.5) is 0 Å². The van der Waals surface area contributed by atoms with E-state index in [1.165, 1.54) is 6.42 Å². The number of Topliss-reactive ketones (excluding diaryl/α,β-unsaturated/α-hetero) is 1. The van der Waals surface area contributed by atoms with Gasteiger partial charge in [0, 0.05) is 17.3 Å². The van der Waals surface area contributed by atoms with Crippen LogP contribution < -0.4 is 0 Å². The van der Waals surface area contributed by atoms with Crippen LogP contribution in [0.1, 0.15) is 32.1 Å². The van der Waals surface area contributed by atoms with E-state index in [4.69, 9.17) is 0 Å². The maximum atomic E-state index is 11.9. The molecule has 1 nitrogen and oxygen atoms in total. The quantitative estimate of drug-likeness (QED) is 0.702. The minimum atomic E-state index is 0.282. The lowest BCUT2D eigenvalue weighted by molar-refractivity contribution is -0.144. The largest absolute Gasteiger partial charge is 0.299 e. The highest BCUT2D eigenvalue weighted by molar-refractivity contribution is 9.11. The molecule has 4 fully saturated rings. The minimum Gasteiger partial charge on any atom is -0.299 e. The maximum absolute atomic E-state index is 11.9. The van der Waals surface area contributed by atoms with Crippen molar-refractivity contribution >= 4 is 21.7 Å². The van der Waals surface area contributed by atoms with E-state index in [1.807, 2.05) is 0 Å². The summed E-state index contributed by atoms with van der Waals surface area (Å²) in [4.78, 5) is 11.9. The molecule has 4 saturated carbocycles. The van der Waals surface area contributed by atoms with Gasteiger partial charge in [-0.25, -0.2) is 0 Å². The molecular weight excluding hydrogens is 240 g/mol. The summed E-state index contributed by atoms with van der Waals surface area (Å²) in [6, 6.07) is 0. The average Bonchev–Trinajstić information content (AvgIpc) is 2.12. The van der Waals surface area contributed by atoms with E-state index in [1.54, 1.807) is 0 Å². The zero-order valence-electron chi connectivity index (χ0n) is 8.26. The summed E-state index contributed by atoms with van der Waals surface area (Å²) < 4.78 is 1.15. The third kappa shape index (κ3) is 1.04. The molecular formula is C12H15BrO. The van der Waals surface area contributed by atoms with Crippen LogP contribution in [0, 0.1) is 23.2 Å². The summed E-state index contributed by atoms with van der Waals surface area (Å²) >= 11 is 3.58. The minimum absolute atomic E-state index is 0.282. The second-order valence-electron chi connectivity index (χ2n) is 5.43. The normalized spacial score (nSPS) is 49.8. The van der Waals surface area contributed by atoms with E-state index in [9.17, 15) is 4.79 Å². The molecule has 0 spiro atoms. The number of hydrogen-bond donors (Lipinski definition) is 0. The first-order chi connectivity index (χ1) is 6.61. The molecule has 0 aliphatic heterocycles. The molecule has 2 atom stereocenters. The van der Waals surface area contributed by atoms with Gasteiger partial charge in [0.1, 0.15) is 5.78 Å². The fraction of sp³-hybridized carbons (Fsp3) is 0.750. The first kappa shape index (κ1) is 9.14. The van der Waals surface area contributed by atoms with E-state index in [0.717, 1.165) is 36.1 Å². The Kier molecular flexibility index (Phi) is 1.77. The molecule has 0 N–H and O–H groups in total. The predicted octanol–water partition coefficient (Wildman–Crippen LogP) is 3.29.